The molecular formula is C24H34IN5O. The zero-order chi connectivity index (χ0) is 21.3. The lowest BCUT2D eigenvalue weighted by Crippen LogP contribution is -2.52. The SMILES string of the molecule is CCN(CC)C(=O)c1ccc(CNC(=NC)N2CCN(c3ccccc3)CC2)cc1.I. The second kappa shape index (κ2) is 12.5. The number of anilines is 1. The van der Waals surface area contributed by atoms with Crippen LogP contribution in [0.15, 0.2) is 59.6 Å². The lowest BCUT2D eigenvalue weighted by Gasteiger charge is -2.37. The molecule has 1 fully saturated rings. The normalized spacial score (nSPS) is 14.1. The number of carbonyl (C=O) groups excluding carboxylic acids is 1. The third-order valence-corrected chi connectivity index (χ3v) is 5.61. The van der Waals surface area contributed by atoms with Gasteiger partial charge in [-0.15, -0.1) is 24.0 Å². The average molecular weight is 535 g/mol. The minimum absolute atomic E-state index is 0. The van der Waals surface area contributed by atoms with Crippen LogP contribution in [0.2, 0.25) is 0 Å². The fourth-order valence-electron chi connectivity index (χ4n) is 3.79. The molecule has 0 aromatic heterocycles. The van der Waals surface area contributed by atoms with Gasteiger partial charge in [-0.05, 0) is 43.7 Å². The minimum Gasteiger partial charge on any atom is -0.368 e. The van der Waals surface area contributed by atoms with Gasteiger partial charge in [0.15, 0.2) is 5.96 Å². The third kappa shape index (κ3) is 6.59. The number of benzene rings is 2. The molecule has 1 aliphatic heterocycles. The van der Waals surface area contributed by atoms with Crippen molar-refractivity contribution in [1.29, 1.82) is 0 Å². The third-order valence-electron chi connectivity index (χ3n) is 5.61. The van der Waals surface area contributed by atoms with E-state index in [1.165, 1.54) is 5.69 Å². The first-order valence-electron chi connectivity index (χ1n) is 10.8. The predicted octanol–water partition coefficient (Wildman–Crippen LogP) is 3.68. The summed E-state index contributed by atoms with van der Waals surface area (Å²) >= 11 is 0. The summed E-state index contributed by atoms with van der Waals surface area (Å²) in [5.41, 5.74) is 3.15. The molecule has 168 valence electrons. The molecule has 6 nitrogen and oxygen atoms in total. The quantitative estimate of drug-likeness (QED) is 0.349. The molecule has 2 aromatic rings. The fourth-order valence-corrected chi connectivity index (χ4v) is 3.79. The number of rotatable bonds is 6. The molecule has 1 aliphatic rings. The van der Waals surface area contributed by atoms with Crippen LogP contribution in [-0.2, 0) is 6.54 Å². The van der Waals surface area contributed by atoms with E-state index in [1.807, 2.05) is 50.1 Å². The zero-order valence-electron chi connectivity index (χ0n) is 18.8. The van der Waals surface area contributed by atoms with Crippen LogP contribution >= 0.6 is 24.0 Å². The van der Waals surface area contributed by atoms with Gasteiger partial charge in [0.2, 0.25) is 0 Å². The molecule has 1 heterocycles. The van der Waals surface area contributed by atoms with Crippen molar-refractivity contribution in [2.75, 3.05) is 51.2 Å². The number of amides is 1. The Morgan fingerprint density at radius 2 is 1.58 bits per heavy atom. The van der Waals surface area contributed by atoms with E-state index in [-0.39, 0.29) is 29.9 Å². The molecule has 1 amide bonds. The summed E-state index contributed by atoms with van der Waals surface area (Å²) in [6, 6.07) is 18.4. The van der Waals surface area contributed by atoms with Gasteiger partial charge in [-0.1, -0.05) is 30.3 Å². The van der Waals surface area contributed by atoms with Gasteiger partial charge in [-0.3, -0.25) is 9.79 Å². The van der Waals surface area contributed by atoms with E-state index in [2.05, 4.69) is 50.4 Å². The predicted molar refractivity (Wildman–Crippen MR) is 140 cm³/mol. The van der Waals surface area contributed by atoms with Crippen LogP contribution in [0.5, 0.6) is 0 Å². The number of para-hydroxylation sites is 1. The fraction of sp³-hybridized carbons (Fsp3) is 0.417. The summed E-state index contributed by atoms with van der Waals surface area (Å²) in [5.74, 6) is 1.01. The highest BCUT2D eigenvalue weighted by atomic mass is 127. The van der Waals surface area contributed by atoms with E-state index in [9.17, 15) is 4.79 Å². The molecule has 1 saturated heterocycles. The first kappa shape index (κ1) is 25.0. The average Bonchev–Trinajstić information content (AvgIpc) is 2.81. The number of halogens is 1. The van der Waals surface area contributed by atoms with E-state index in [4.69, 9.17) is 0 Å². The zero-order valence-corrected chi connectivity index (χ0v) is 21.1. The highest BCUT2D eigenvalue weighted by Gasteiger charge is 2.19. The van der Waals surface area contributed by atoms with Crippen molar-refractivity contribution in [3.63, 3.8) is 0 Å². The molecule has 0 aliphatic carbocycles. The molecule has 7 heteroatoms. The van der Waals surface area contributed by atoms with Crippen LogP contribution in [0.4, 0.5) is 5.69 Å². The number of guanidine groups is 1. The second-order valence-electron chi connectivity index (χ2n) is 7.38. The number of nitrogens with one attached hydrogen (secondary N) is 1. The van der Waals surface area contributed by atoms with Crippen LogP contribution in [0, 0.1) is 0 Å². The van der Waals surface area contributed by atoms with Gasteiger partial charge in [0.05, 0.1) is 0 Å². The van der Waals surface area contributed by atoms with Crippen molar-refractivity contribution < 1.29 is 4.79 Å². The second-order valence-corrected chi connectivity index (χ2v) is 7.38. The summed E-state index contributed by atoms with van der Waals surface area (Å²) in [6.45, 7) is 9.98. The molecular weight excluding hydrogens is 501 g/mol. The Balaban J connectivity index is 0.00000341. The standard InChI is InChI=1S/C24H33N5O.HI/c1-4-27(5-2)23(30)21-13-11-20(12-14-21)19-26-24(25-3)29-17-15-28(16-18-29)22-9-7-6-8-10-22;/h6-14H,4-5,15-19H2,1-3H3,(H,25,26);1H. The van der Waals surface area contributed by atoms with E-state index < -0.39 is 0 Å². The number of nitrogens with zero attached hydrogens (tertiary/aromatic N) is 4. The van der Waals surface area contributed by atoms with Crippen LogP contribution in [0.3, 0.4) is 0 Å². The maximum Gasteiger partial charge on any atom is 0.253 e. The van der Waals surface area contributed by atoms with E-state index >= 15 is 0 Å². The Kier molecular flexibility index (Phi) is 10.1. The Morgan fingerprint density at radius 3 is 2.13 bits per heavy atom. The largest absolute Gasteiger partial charge is 0.368 e. The minimum atomic E-state index is 0. The van der Waals surface area contributed by atoms with Gasteiger partial charge in [0, 0.05) is 64.1 Å². The Hall–Kier alpha value is -2.29. The molecule has 0 unspecified atom stereocenters. The Bertz CT molecular complexity index is 829. The molecule has 2 aromatic carbocycles. The van der Waals surface area contributed by atoms with Crippen LogP contribution in [-0.4, -0.2) is 68.0 Å². The number of hydrogen-bond donors (Lipinski definition) is 1. The molecule has 0 bridgehead atoms. The summed E-state index contributed by atoms with van der Waals surface area (Å²) in [7, 11) is 1.83. The maximum atomic E-state index is 12.4. The van der Waals surface area contributed by atoms with Crippen molar-refractivity contribution >= 4 is 41.5 Å². The molecule has 0 saturated carbocycles. The molecule has 0 radical (unpaired) electrons. The van der Waals surface area contributed by atoms with Crippen LogP contribution < -0.4 is 10.2 Å². The van der Waals surface area contributed by atoms with Gasteiger partial charge >= 0.3 is 0 Å². The van der Waals surface area contributed by atoms with E-state index in [1.54, 1.807) is 0 Å². The number of carbonyl (C=O) groups is 1. The van der Waals surface area contributed by atoms with Crippen molar-refractivity contribution in [2.45, 2.75) is 20.4 Å². The molecule has 1 N–H and O–H groups in total. The maximum absolute atomic E-state index is 12.4. The molecule has 0 spiro atoms. The summed E-state index contributed by atoms with van der Waals surface area (Å²) in [6.07, 6.45) is 0. The molecule has 0 atom stereocenters. The first-order valence-corrected chi connectivity index (χ1v) is 10.8. The van der Waals surface area contributed by atoms with Crippen molar-refractivity contribution in [3.05, 3.63) is 65.7 Å². The highest BCUT2D eigenvalue weighted by molar-refractivity contribution is 14.0. The van der Waals surface area contributed by atoms with E-state index in [0.29, 0.717) is 6.54 Å². The topological polar surface area (TPSA) is 51.2 Å². The van der Waals surface area contributed by atoms with Crippen LogP contribution in [0.25, 0.3) is 0 Å². The van der Waals surface area contributed by atoms with Crippen molar-refractivity contribution in [1.82, 2.24) is 15.1 Å². The first-order chi connectivity index (χ1) is 14.7. The monoisotopic (exact) mass is 535 g/mol. The van der Waals surface area contributed by atoms with Gasteiger partial charge in [0.1, 0.15) is 0 Å². The summed E-state index contributed by atoms with van der Waals surface area (Å²) in [4.78, 5) is 23.5. The van der Waals surface area contributed by atoms with Gasteiger partial charge in [-0.2, -0.15) is 0 Å². The smallest absolute Gasteiger partial charge is 0.253 e. The highest BCUT2D eigenvalue weighted by Crippen LogP contribution is 2.15. The number of hydrogen-bond acceptors (Lipinski definition) is 3. The summed E-state index contributed by atoms with van der Waals surface area (Å²) < 4.78 is 0. The van der Waals surface area contributed by atoms with Gasteiger partial charge in [0.25, 0.3) is 5.91 Å². The summed E-state index contributed by atoms with van der Waals surface area (Å²) in [5, 5.41) is 3.47. The Labute approximate surface area is 203 Å². The van der Waals surface area contributed by atoms with Gasteiger partial charge < -0.3 is 20.0 Å². The lowest BCUT2D eigenvalue weighted by molar-refractivity contribution is 0.0773. The molecule has 3 rings (SSSR count). The van der Waals surface area contributed by atoms with E-state index in [0.717, 1.165) is 56.4 Å². The van der Waals surface area contributed by atoms with Gasteiger partial charge in [-0.25, -0.2) is 0 Å². The molecule has 31 heavy (non-hydrogen) atoms. The number of piperazine rings is 1. The van der Waals surface area contributed by atoms with Crippen LogP contribution in [0.1, 0.15) is 29.8 Å². The van der Waals surface area contributed by atoms with Crippen molar-refractivity contribution in [2.24, 2.45) is 4.99 Å². The number of aliphatic imine (C=N–C) groups is 1. The lowest BCUT2D eigenvalue weighted by atomic mass is 10.1. The van der Waals surface area contributed by atoms with Crippen molar-refractivity contribution in [3.8, 4) is 0 Å². The Morgan fingerprint density at radius 1 is 0.968 bits per heavy atom.